The molecule has 1 unspecified atom stereocenters. The lowest BCUT2D eigenvalue weighted by Gasteiger charge is -2.23. The predicted octanol–water partition coefficient (Wildman–Crippen LogP) is 2.51. The lowest BCUT2D eigenvalue weighted by Crippen LogP contribution is -2.34. The summed E-state index contributed by atoms with van der Waals surface area (Å²) >= 11 is 0. The van der Waals surface area contributed by atoms with Gasteiger partial charge in [-0.1, -0.05) is 31.5 Å². The van der Waals surface area contributed by atoms with Crippen LogP contribution in [0, 0.1) is 0 Å². The molecule has 0 saturated heterocycles. The van der Waals surface area contributed by atoms with Crippen LogP contribution in [0.2, 0.25) is 0 Å². The van der Waals surface area contributed by atoms with Gasteiger partial charge in [-0.05, 0) is 32.3 Å². The van der Waals surface area contributed by atoms with Crippen molar-refractivity contribution in [2.24, 2.45) is 0 Å². The SMILES string of the molecule is CCCCc1cccc(C(C)(O)C(=O)OCC)c1O. The number of phenolic OH excluding ortho intramolecular Hbond substituents is 1. The Morgan fingerprint density at radius 3 is 2.63 bits per heavy atom. The van der Waals surface area contributed by atoms with Crippen molar-refractivity contribution in [1.82, 2.24) is 0 Å². The summed E-state index contributed by atoms with van der Waals surface area (Å²) in [6.07, 6.45) is 2.67. The van der Waals surface area contributed by atoms with E-state index in [-0.39, 0.29) is 17.9 Å². The summed E-state index contributed by atoms with van der Waals surface area (Å²) in [5, 5.41) is 20.5. The third-order valence-corrected chi connectivity index (χ3v) is 3.12. The second-order valence-electron chi connectivity index (χ2n) is 4.71. The lowest BCUT2D eigenvalue weighted by atomic mass is 9.92. The second kappa shape index (κ2) is 6.57. The van der Waals surface area contributed by atoms with Crippen molar-refractivity contribution in [1.29, 1.82) is 0 Å². The molecule has 0 heterocycles. The normalized spacial score (nSPS) is 13.9. The van der Waals surface area contributed by atoms with E-state index in [1.54, 1.807) is 25.1 Å². The Balaban J connectivity index is 3.09. The third kappa shape index (κ3) is 3.47. The van der Waals surface area contributed by atoms with E-state index < -0.39 is 11.6 Å². The summed E-state index contributed by atoms with van der Waals surface area (Å²) in [7, 11) is 0. The average molecular weight is 266 g/mol. The van der Waals surface area contributed by atoms with Crippen LogP contribution in [0.15, 0.2) is 18.2 Å². The Bertz CT molecular complexity index is 438. The highest BCUT2D eigenvalue weighted by Gasteiger charge is 2.36. The molecule has 106 valence electrons. The molecule has 0 bridgehead atoms. The number of phenols is 1. The van der Waals surface area contributed by atoms with Gasteiger partial charge in [-0.2, -0.15) is 0 Å². The maximum atomic E-state index is 11.8. The molecule has 4 heteroatoms. The number of aliphatic hydroxyl groups is 1. The first-order valence-corrected chi connectivity index (χ1v) is 6.66. The number of aromatic hydroxyl groups is 1. The van der Waals surface area contributed by atoms with E-state index in [0.29, 0.717) is 0 Å². The molecule has 1 atom stereocenters. The minimum absolute atomic E-state index is 0.0194. The highest BCUT2D eigenvalue weighted by molar-refractivity contribution is 5.81. The Morgan fingerprint density at radius 2 is 2.05 bits per heavy atom. The number of unbranched alkanes of at least 4 members (excludes halogenated alkanes) is 1. The van der Waals surface area contributed by atoms with Gasteiger partial charge >= 0.3 is 5.97 Å². The van der Waals surface area contributed by atoms with Gasteiger partial charge in [-0.25, -0.2) is 4.79 Å². The van der Waals surface area contributed by atoms with Crippen molar-refractivity contribution >= 4 is 5.97 Å². The molecule has 0 spiro atoms. The van der Waals surface area contributed by atoms with Crippen LogP contribution in [0.1, 0.15) is 44.7 Å². The summed E-state index contributed by atoms with van der Waals surface area (Å²) in [6.45, 7) is 5.26. The Morgan fingerprint density at radius 1 is 1.37 bits per heavy atom. The summed E-state index contributed by atoms with van der Waals surface area (Å²) in [6, 6.07) is 5.07. The quantitative estimate of drug-likeness (QED) is 0.776. The number of hydrogen-bond donors (Lipinski definition) is 2. The molecule has 1 rings (SSSR count). The smallest absolute Gasteiger partial charge is 0.342 e. The highest BCUT2D eigenvalue weighted by atomic mass is 16.5. The molecular weight excluding hydrogens is 244 g/mol. The molecule has 4 nitrogen and oxygen atoms in total. The van der Waals surface area contributed by atoms with E-state index in [9.17, 15) is 15.0 Å². The first-order valence-electron chi connectivity index (χ1n) is 6.66. The first kappa shape index (κ1) is 15.5. The minimum atomic E-state index is -1.83. The second-order valence-corrected chi connectivity index (χ2v) is 4.71. The number of benzene rings is 1. The van der Waals surface area contributed by atoms with Crippen LogP contribution >= 0.6 is 0 Å². The van der Waals surface area contributed by atoms with Crippen molar-refractivity contribution in [3.05, 3.63) is 29.3 Å². The Hall–Kier alpha value is -1.55. The molecule has 0 aliphatic carbocycles. The van der Waals surface area contributed by atoms with Crippen molar-refractivity contribution in [3.63, 3.8) is 0 Å². The number of hydrogen-bond acceptors (Lipinski definition) is 4. The molecule has 1 aromatic rings. The Kier molecular flexibility index (Phi) is 5.36. The van der Waals surface area contributed by atoms with E-state index in [1.165, 1.54) is 6.92 Å². The van der Waals surface area contributed by atoms with E-state index >= 15 is 0 Å². The zero-order valence-corrected chi connectivity index (χ0v) is 11.8. The number of esters is 1. The molecule has 1 aromatic carbocycles. The fourth-order valence-electron chi connectivity index (χ4n) is 1.93. The van der Waals surface area contributed by atoms with Gasteiger partial charge in [0.1, 0.15) is 5.75 Å². The van der Waals surface area contributed by atoms with Crippen molar-refractivity contribution in [2.75, 3.05) is 6.61 Å². The van der Waals surface area contributed by atoms with Crippen molar-refractivity contribution < 1.29 is 19.7 Å². The molecule has 0 aliphatic rings. The molecule has 19 heavy (non-hydrogen) atoms. The predicted molar refractivity (Wildman–Crippen MR) is 72.9 cm³/mol. The molecule has 0 saturated carbocycles. The lowest BCUT2D eigenvalue weighted by molar-refractivity contribution is -0.164. The van der Waals surface area contributed by atoms with Crippen LogP contribution in [0.5, 0.6) is 5.75 Å². The van der Waals surface area contributed by atoms with Gasteiger partial charge in [-0.15, -0.1) is 0 Å². The van der Waals surface area contributed by atoms with E-state index in [0.717, 1.165) is 24.8 Å². The number of rotatable bonds is 6. The van der Waals surface area contributed by atoms with Gasteiger partial charge in [0.25, 0.3) is 0 Å². The largest absolute Gasteiger partial charge is 0.507 e. The van der Waals surface area contributed by atoms with Gasteiger partial charge < -0.3 is 14.9 Å². The van der Waals surface area contributed by atoms with E-state index in [1.807, 2.05) is 0 Å². The van der Waals surface area contributed by atoms with Crippen LogP contribution in [0.4, 0.5) is 0 Å². The zero-order valence-electron chi connectivity index (χ0n) is 11.8. The summed E-state index contributed by atoms with van der Waals surface area (Å²) in [4.78, 5) is 11.8. The van der Waals surface area contributed by atoms with Crippen LogP contribution in [0.25, 0.3) is 0 Å². The number of carbonyl (C=O) groups excluding carboxylic acids is 1. The number of ether oxygens (including phenoxy) is 1. The number of aryl methyl sites for hydroxylation is 1. The van der Waals surface area contributed by atoms with Gasteiger partial charge in [0.2, 0.25) is 0 Å². The van der Waals surface area contributed by atoms with Gasteiger partial charge in [0, 0.05) is 5.56 Å². The number of carbonyl (C=O) groups is 1. The molecule has 2 N–H and O–H groups in total. The fourth-order valence-corrected chi connectivity index (χ4v) is 1.93. The summed E-state index contributed by atoms with van der Waals surface area (Å²) in [5.74, 6) is -0.771. The van der Waals surface area contributed by atoms with Gasteiger partial charge in [-0.3, -0.25) is 0 Å². The van der Waals surface area contributed by atoms with Crippen molar-refractivity contribution in [3.8, 4) is 5.75 Å². The van der Waals surface area contributed by atoms with Gasteiger partial charge in [0.15, 0.2) is 5.60 Å². The summed E-state index contributed by atoms with van der Waals surface area (Å²) in [5.41, 5.74) is -0.897. The van der Waals surface area contributed by atoms with Crippen molar-refractivity contribution in [2.45, 2.75) is 45.6 Å². The first-order chi connectivity index (χ1) is 8.95. The topological polar surface area (TPSA) is 66.8 Å². The highest BCUT2D eigenvalue weighted by Crippen LogP contribution is 2.33. The maximum Gasteiger partial charge on any atom is 0.342 e. The molecule has 0 amide bonds. The molecule has 0 radical (unpaired) electrons. The molecule has 0 aromatic heterocycles. The van der Waals surface area contributed by atoms with Gasteiger partial charge in [0.05, 0.1) is 6.61 Å². The molecule has 0 fully saturated rings. The fraction of sp³-hybridized carbons (Fsp3) is 0.533. The zero-order chi connectivity index (χ0) is 14.5. The average Bonchev–Trinajstić information content (AvgIpc) is 2.37. The minimum Gasteiger partial charge on any atom is -0.507 e. The van der Waals surface area contributed by atoms with Crippen LogP contribution in [-0.4, -0.2) is 22.8 Å². The standard InChI is InChI=1S/C15H22O4/c1-4-6-8-11-9-7-10-12(13(11)16)15(3,18)14(17)19-5-2/h7,9-10,16,18H,4-6,8H2,1-3H3. The Labute approximate surface area is 114 Å². The van der Waals surface area contributed by atoms with Crippen LogP contribution in [-0.2, 0) is 21.6 Å². The third-order valence-electron chi connectivity index (χ3n) is 3.12. The van der Waals surface area contributed by atoms with E-state index in [2.05, 4.69) is 6.92 Å². The number of para-hydroxylation sites is 1. The van der Waals surface area contributed by atoms with E-state index in [4.69, 9.17) is 4.74 Å². The molecule has 0 aliphatic heterocycles. The summed E-state index contributed by atoms with van der Waals surface area (Å²) < 4.78 is 4.84. The molecular formula is C15H22O4. The maximum absolute atomic E-state index is 11.8. The van der Waals surface area contributed by atoms with Crippen LogP contribution in [0.3, 0.4) is 0 Å². The van der Waals surface area contributed by atoms with Crippen LogP contribution < -0.4 is 0 Å². The monoisotopic (exact) mass is 266 g/mol.